The summed E-state index contributed by atoms with van der Waals surface area (Å²) >= 11 is 0. The molecule has 0 heterocycles. The van der Waals surface area contributed by atoms with Gasteiger partial charge in [0.1, 0.15) is 5.78 Å². The smallest absolute Gasteiger partial charge is 0.160 e. The van der Waals surface area contributed by atoms with Crippen molar-refractivity contribution in [2.24, 2.45) is 0 Å². The zero-order chi connectivity index (χ0) is 7.49. The molecule has 0 aliphatic carbocycles. The van der Waals surface area contributed by atoms with Crippen LogP contribution in [0.15, 0.2) is 0 Å². The number of hydrogen-bond donors (Lipinski definition) is 2. The third kappa shape index (κ3) is 7.59. The molecule has 54 valence electrons. The fourth-order valence-corrected chi connectivity index (χ4v) is 0.413. The number of carbonyl (C=O) groups is 1. The van der Waals surface area contributed by atoms with Gasteiger partial charge >= 0.3 is 0 Å². The van der Waals surface area contributed by atoms with E-state index >= 15 is 0 Å². The van der Waals surface area contributed by atoms with Crippen LogP contribution in [0.4, 0.5) is 0 Å². The minimum absolute atomic E-state index is 0.0238. The third-order valence-electron chi connectivity index (χ3n) is 0.951. The second-order valence-corrected chi connectivity index (χ2v) is 2.42. The van der Waals surface area contributed by atoms with Crippen molar-refractivity contribution >= 4 is 5.78 Å². The lowest BCUT2D eigenvalue weighted by Crippen LogP contribution is -2.23. The van der Waals surface area contributed by atoms with E-state index in [1.807, 2.05) is 0 Å². The maximum atomic E-state index is 10.3. The summed E-state index contributed by atoms with van der Waals surface area (Å²) in [6.45, 7) is 2.68. The molecule has 3 nitrogen and oxygen atoms in total. The number of carbonyl (C=O) groups excluding carboxylic acids is 1. The van der Waals surface area contributed by atoms with Crippen LogP contribution in [0, 0.1) is 0 Å². The molecule has 0 saturated carbocycles. The molecular weight excluding hydrogens is 120 g/mol. The molecule has 0 aliphatic rings. The third-order valence-corrected chi connectivity index (χ3v) is 0.951. The summed E-state index contributed by atoms with van der Waals surface area (Å²) in [7, 11) is 0. The van der Waals surface area contributed by atoms with Gasteiger partial charge in [0, 0.05) is 12.8 Å². The van der Waals surface area contributed by atoms with E-state index in [-0.39, 0.29) is 18.6 Å². The first-order valence-corrected chi connectivity index (χ1v) is 2.86. The fraction of sp³-hybridized carbons (Fsp3) is 0.833. The number of hydrogen-bond acceptors (Lipinski definition) is 3. The van der Waals surface area contributed by atoms with Crippen molar-refractivity contribution in [3.8, 4) is 0 Å². The Kier molecular flexibility index (Phi) is 2.81. The Balaban J connectivity index is 3.39. The average molecular weight is 132 g/mol. The highest BCUT2D eigenvalue weighted by Crippen LogP contribution is 2.06. The topological polar surface area (TPSA) is 57.5 Å². The van der Waals surface area contributed by atoms with E-state index in [0.717, 1.165) is 0 Å². The minimum Gasteiger partial charge on any atom is -0.366 e. The Morgan fingerprint density at radius 2 is 2.00 bits per heavy atom. The van der Waals surface area contributed by atoms with Gasteiger partial charge in [-0.3, -0.25) is 0 Å². The number of ketones is 1. The molecule has 0 atom stereocenters. The summed E-state index contributed by atoms with van der Waals surface area (Å²) in [5, 5.41) is 17.3. The zero-order valence-electron chi connectivity index (χ0n) is 5.72. The molecule has 0 radical (unpaired) electrons. The van der Waals surface area contributed by atoms with Crippen LogP contribution < -0.4 is 0 Å². The molecule has 0 aromatic rings. The van der Waals surface area contributed by atoms with E-state index in [1.54, 1.807) is 0 Å². The van der Waals surface area contributed by atoms with Crippen LogP contribution in [-0.2, 0) is 4.79 Å². The fourth-order valence-electron chi connectivity index (χ4n) is 0.413. The van der Waals surface area contributed by atoms with Crippen LogP contribution in [-0.4, -0.2) is 21.8 Å². The van der Waals surface area contributed by atoms with E-state index in [2.05, 4.69) is 0 Å². The molecule has 0 unspecified atom stereocenters. The summed E-state index contributed by atoms with van der Waals surface area (Å²) < 4.78 is 0. The molecule has 0 bridgehead atoms. The SMILES string of the molecule is CC(=O)CCC(C)(O)O. The molecule has 0 rings (SSSR count). The average Bonchev–Trinajstić information content (AvgIpc) is 1.59. The Morgan fingerprint density at radius 3 is 2.11 bits per heavy atom. The first-order valence-electron chi connectivity index (χ1n) is 2.86. The van der Waals surface area contributed by atoms with Gasteiger partial charge in [-0.2, -0.15) is 0 Å². The van der Waals surface area contributed by atoms with Crippen molar-refractivity contribution in [3.05, 3.63) is 0 Å². The quantitative estimate of drug-likeness (QED) is 0.534. The second kappa shape index (κ2) is 2.94. The molecule has 9 heavy (non-hydrogen) atoms. The van der Waals surface area contributed by atoms with Crippen LogP contribution in [0.25, 0.3) is 0 Å². The van der Waals surface area contributed by atoms with Crippen LogP contribution in [0.5, 0.6) is 0 Å². The predicted octanol–water partition coefficient (Wildman–Crippen LogP) is 0.0564. The Morgan fingerprint density at radius 1 is 1.56 bits per heavy atom. The van der Waals surface area contributed by atoms with Gasteiger partial charge in [-0.05, 0) is 13.8 Å². The normalized spacial score (nSPS) is 11.6. The highest BCUT2D eigenvalue weighted by atomic mass is 16.5. The van der Waals surface area contributed by atoms with Crippen LogP contribution in [0.3, 0.4) is 0 Å². The lowest BCUT2D eigenvalue weighted by molar-refractivity contribution is -0.153. The van der Waals surface area contributed by atoms with Gasteiger partial charge in [-0.15, -0.1) is 0 Å². The number of rotatable bonds is 3. The van der Waals surface area contributed by atoms with Gasteiger partial charge < -0.3 is 15.0 Å². The Labute approximate surface area is 54.3 Å². The molecule has 2 N–H and O–H groups in total. The van der Waals surface area contributed by atoms with Crippen molar-refractivity contribution in [2.45, 2.75) is 32.5 Å². The molecule has 0 saturated heterocycles. The van der Waals surface area contributed by atoms with Crippen LogP contribution >= 0.6 is 0 Å². The van der Waals surface area contributed by atoms with Gasteiger partial charge in [0.25, 0.3) is 0 Å². The molecule has 0 aliphatic heterocycles. The summed E-state index contributed by atoms with van der Waals surface area (Å²) in [6.07, 6.45) is 0.339. The van der Waals surface area contributed by atoms with Gasteiger partial charge in [0.15, 0.2) is 5.79 Å². The largest absolute Gasteiger partial charge is 0.366 e. The molecule has 0 aromatic heterocycles. The van der Waals surface area contributed by atoms with E-state index in [1.165, 1.54) is 13.8 Å². The van der Waals surface area contributed by atoms with Crippen LogP contribution in [0.2, 0.25) is 0 Å². The van der Waals surface area contributed by atoms with Crippen LogP contribution in [0.1, 0.15) is 26.7 Å². The minimum atomic E-state index is -1.69. The number of aliphatic hydroxyl groups is 2. The van der Waals surface area contributed by atoms with E-state index in [9.17, 15) is 4.79 Å². The summed E-state index contributed by atoms with van der Waals surface area (Å²) in [6, 6.07) is 0. The molecule has 3 heteroatoms. The first kappa shape index (κ1) is 8.59. The summed E-state index contributed by atoms with van der Waals surface area (Å²) in [5.41, 5.74) is 0. The standard InChI is InChI=1S/C6H12O3/c1-5(7)3-4-6(2,8)9/h8-9H,3-4H2,1-2H3. The van der Waals surface area contributed by atoms with Crippen molar-refractivity contribution in [2.75, 3.05) is 0 Å². The van der Waals surface area contributed by atoms with E-state index in [0.29, 0.717) is 0 Å². The van der Waals surface area contributed by atoms with Crippen molar-refractivity contribution in [3.63, 3.8) is 0 Å². The summed E-state index contributed by atoms with van der Waals surface area (Å²) in [5.74, 6) is -1.71. The Hall–Kier alpha value is -0.410. The molecule has 0 aromatic carbocycles. The first-order chi connectivity index (χ1) is 3.92. The van der Waals surface area contributed by atoms with Crippen molar-refractivity contribution in [1.82, 2.24) is 0 Å². The summed E-state index contributed by atoms with van der Waals surface area (Å²) in [4.78, 5) is 10.3. The molecular formula is C6H12O3. The monoisotopic (exact) mass is 132 g/mol. The second-order valence-electron chi connectivity index (χ2n) is 2.42. The lowest BCUT2D eigenvalue weighted by Gasteiger charge is -2.13. The number of Topliss-reactive ketones (excluding diaryl/α,β-unsaturated/α-hetero) is 1. The van der Waals surface area contributed by atoms with Gasteiger partial charge in [0.2, 0.25) is 0 Å². The highest BCUT2D eigenvalue weighted by Gasteiger charge is 2.14. The zero-order valence-corrected chi connectivity index (χ0v) is 5.72. The maximum Gasteiger partial charge on any atom is 0.160 e. The van der Waals surface area contributed by atoms with Gasteiger partial charge in [-0.25, -0.2) is 0 Å². The highest BCUT2D eigenvalue weighted by molar-refractivity contribution is 5.75. The van der Waals surface area contributed by atoms with E-state index < -0.39 is 5.79 Å². The maximum absolute atomic E-state index is 10.3. The van der Waals surface area contributed by atoms with E-state index in [4.69, 9.17) is 10.2 Å². The Bertz CT molecular complexity index is 101. The lowest BCUT2D eigenvalue weighted by atomic mass is 10.1. The molecule has 0 spiro atoms. The van der Waals surface area contributed by atoms with Crippen molar-refractivity contribution < 1.29 is 15.0 Å². The van der Waals surface area contributed by atoms with Gasteiger partial charge in [-0.1, -0.05) is 0 Å². The van der Waals surface area contributed by atoms with Crippen molar-refractivity contribution in [1.29, 1.82) is 0 Å². The predicted molar refractivity (Wildman–Crippen MR) is 32.8 cm³/mol. The molecule has 0 amide bonds. The molecule has 0 fully saturated rings. The van der Waals surface area contributed by atoms with Gasteiger partial charge in [0.05, 0.1) is 0 Å².